The lowest BCUT2D eigenvalue weighted by molar-refractivity contribution is 0.320. The molecule has 2 nitrogen and oxygen atoms in total. The lowest BCUT2D eigenvalue weighted by atomic mass is 10.9. The molecule has 0 aliphatic rings. The maximum absolute atomic E-state index is 8.21. The quantitative estimate of drug-likeness (QED) is 0.256. The molecule has 0 aliphatic heterocycles. The lowest BCUT2D eigenvalue weighted by Crippen LogP contribution is -2.15. The second-order valence-corrected chi connectivity index (χ2v) is 4.65. The van der Waals surface area contributed by atoms with Gasteiger partial charge in [-0.25, -0.2) is 0 Å². The first-order chi connectivity index (χ1) is 3.72. The summed E-state index contributed by atoms with van der Waals surface area (Å²) in [4.78, 5) is 0. The van der Waals surface area contributed by atoms with Gasteiger partial charge in [-0.15, -0.1) is 11.7 Å². The van der Waals surface area contributed by atoms with Gasteiger partial charge < -0.3 is 5.21 Å². The molecule has 0 aliphatic carbocycles. The average Bonchev–Trinajstić information content (AvgIpc) is 1.84. The largest absolute Gasteiger partial charge is 0.411 e. The summed E-state index contributed by atoms with van der Waals surface area (Å²) in [6, 6.07) is 0. The number of rotatable bonds is 2. The summed E-state index contributed by atoms with van der Waals surface area (Å²) in [5.41, 5.74) is 1.87. The van der Waals surface area contributed by atoms with Gasteiger partial charge in [0.05, 0.1) is 0 Å². The Kier molecular flexibility index (Phi) is 3.19. The van der Waals surface area contributed by atoms with Crippen molar-refractivity contribution in [1.29, 1.82) is 0 Å². The topological polar surface area (TPSA) is 32.6 Å². The predicted molar refractivity (Wildman–Crippen MR) is 38.1 cm³/mol. The number of hydrogen-bond donors (Lipinski definition) is 1. The Morgan fingerprint density at radius 1 is 1.88 bits per heavy atom. The van der Waals surface area contributed by atoms with Crippen LogP contribution in [0.2, 0.25) is 6.55 Å². The highest BCUT2D eigenvalue weighted by Crippen LogP contribution is 1.85. The second kappa shape index (κ2) is 3.43. The smallest absolute Gasteiger partial charge is 0.113 e. The molecule has 0 spiro atoms. The van der Waals surface area contributed by atoms with Crippen molar-refractivity contribution in [3.8, 4) is 0 Å². The van der Waals surface area contributed by atoms with Crippen molar-refractivity contribution in [2.75, 3.05) is 0 Å². The van der Waals surface area contributed by atoms with Gasteiger partial charge in [0.15, 0.2) is 0 Å². The molecule has 46 valence electrons. The van der Waals surface area contributed by atoms with Gasteiger partial charge in [0.2, 0.25) is 0 Å². The number of nitrogens with zero attached hydrogens (tertiary/aromatic N) is 1. The molecule has 0 aromatic rings. The van der Waals surface area contributed by atoms with E-state index in [4.69, 9.17) is 5.21 Å². The molecule has 0 saturated heterocycles. The monoisotopic (exact) mass is 129 g/mol. The highest BCUT2D eigenvalue weighted by atomic mass is 28.3. The molecule has 0 aromatic heterocycles. The van der Waals surface area contributed by atoms with Crippen LogP contribution in [-0.2, 0) is 0 Å². The molecule has 0 amide bonds. The Morgan fingerprint density at radius 3 is 2.50 bits per heavy atom. The Hall–Kier alpha value is -0.573. The summed E-state index contributed by atoms with van der Waals surface area (Å²) in [6.07, 6.45) is 0. The van der Waals surface area contributed by atoms with E-state index in [9.17, 15) is 0 Å². The minimum Gasteiger partial charge on any atom is -0.411 e. The van der Waals surface area contributed by atoms with Crippen molar-refractivity contribution in [3.63, 3.8) is 0 Å². The van der Waals surface area contributed by atoms with E-state index < -0.39 is 8.80 Å². The Bertz CT molecular complexity index is 111. The molecule has 1 N–H and O–H groups in total. The summed E-state index contributed by atoms with van der Waals surface area (Å²) in [6.45, 7) is 7.48. The first-order valence-electron chi connectivity index (χ1n) is 2.53. The maximum Gasteiger partial charge on any atom is 0.113 e. The van der Waals surface area contributed by atoms with Crippen LogP contribution in [0.15, 0.2) is 17.4 Å². The van der Waals surface area contributed by atoms with Gasteiger partial charge in [0.1, 0.15) is 8.80 Å². The molecule has 3 heteroatoms. The van der Waals surface area contributed by atoms with Crippen LogP contribution in [0.25, 0.3) is 0 Å². The van der Waals surface area contributed by atoms with Crippen LogP contribution in [-0.4, -0.2) is 19.3 Å². The van der Waals surface area contributed by atoms with Crippen LogP contribution >= 0.6 is 0 Å². The van der Waals surface area contributed by atoms with Crippen LogP contribution < -0.4 is 0 Å². The summed E-state index contributed by atoms with van der Waals surface area (Å²) < 4.78 is 0. The minimum absolute atomic E-state index is 0.833. The van der Waals surface area contributed by atoms with Crippen LogP contribution in [0.5, 0.6) is 0 Å². The van der Waals surface area contributed by atoms with Crippen molar-refractivity contribution in [1.82, 2.24) is 0 Å². The highest BCUT2D eigenvalue weighted by Gasteiger charge is 2.00. The molecule has 1 unspecified atom stereocenters. The van der Waals surface area contributed by atoms with Crippen molar-refractivity contribution in [2.24, 2.45) is 5.16 Å². The Morgan fingerprint density at radius 2 is 2.38 bits per heavy atom. The van der Waals surface area contributed by atoms with Crippen molar-refractivity contribution in [3.05, 3.63) is 12.3 Å². The molecular weight excluding hydrogens is 118 g/mol. The minimum atomic E-state index is -1.01. The third-order valence-electron chi connectivity index (χ3n) is 1.17. The lowest BCUT2D eigenvalue weighted by Gasteiger charge is -1.96. The third-order valence-corrected chi connectivity index (χ3v) is 3.31. The highest BCUT2D eigenvalue weighted by molar-refractivity contribution is 6.93. The zero-order chi connectivity index (χ0) is 6.57. The van der Waals surface area contributed by atoms with Gasteiger partial charge in [-0.1, -0.05) is 12.2 Å². The van der Waals surface area contributed by atoms with Crippen LogP contribution in [0, 0.1) is 0 Å². The van der Waals surface area contributed by atoms with E-state index in [1.807, 2.05) is 12.6 Å². The fraction of sp³-hybridized carbons (Fsp3) is 0.400. The van der Waals surface area contributed by atoms with Gasteiger partial charge in [-0.2, -0.15) is 0 Å². The Balaban J connectivity index is 3.81. The second-order valence-electron chi connectivity index (χ2n) is 1.77. The third kappa shape index (κ3) is 1.93. The van der Waals surface area contributed by atoms with E-state index in [0.717, 1.165) is 5.33 Å². The first-order valence-corrected chi connectivity index (χ1v) is 4.93. The van der Waals surface area contributed by atoms with E-state index in [0.29, 0.717) is 0 Å². The van der Waals surface area contributed by atoms with Crippen LogP contribution in [0.3, 0.4) is 0 Å². The van der Waals surface area contributed by atoms with E-state index >= 15 is 0 Å². The van der Waals surface area contributed by atoms with Gasteiger partial charge in [-0.3, -0.25) is 0 Å². The Labute approximate surface area is 51.1 Å². The number of oxime groups is 1. The van der Waals surface area contributed by atoms with Crippen LogP contribution in [0.4, 0.5) is 0 Å². The molecule has 0 radical (unpaired) electrons. The van der Waals surface area contributed by atoms with Crippen LogP contribution in [0.1, 0.15) is 6.92 Å². The molecule has 0 saturated carbocycles. The normalized spacial score (nSPS) is 15.5. The summed E-state index contributed by atoms with van der Waals surface area (Å²) >= 11 is 0. The fourth-order valence-corrected chi connectivity index (χ4v) is 0.785. The standard InChI is InChI=1S/C5H11NOSi/c1-4-8(3)5(2)6-7/h4,7-8H,1H2,2-3H3. The van der Waals surface area contributed by atoms with Crippen molar-refractivity contribution < 1.29 is 5.21 Å². The summed E-state index contributed by atoms with van der Waals surface area (Å²) in [5, 5.41) is 12.1. The number of hydrogen-bond acceptors (Lipinski definition) is 2. The molecule has 8 heavy (non-hydrogen) atoms. The molecule has 0 bridgehead atoms. The van der Waals surface area contributed by atoms with Gasteiger partial charge in [0, 0.05) is 5.33 Å². The molecule has 1 atom stereocenters. The zero-order valence-corrected chi connectivity index (χ0v) is 6.41. The SMILES string of the molecule is C=C[SiH](C)C(C)=NO. The molecule has 0 fully saturated rings. The van der Waals surface area contributed by atoms with Crippen molar-refractivity contribution in [2.45, 2.75) is 13.5 Å². The predicted octanol–water partition coefficient (Wildman–Crippen LogP) is 0.958. The van der Waals surface area contributed by atoms with E-state index in [-0.39, 0.29) is 0 Å². The van der Waals surface area contributed by atoms with E-state index in [1.54, 1.807) is 0 Å². The van der Waals surface area contributed by atoms with E-state index in [1.165, 1.54) is 0 Å². The zero-order valence-electron chi connectivity index (χ0n) is 5.26. The van der Waals surface area contributed by atoms with Gasteiger partial charge in [0.25, 0.3) is 0 Å². The molecule has 0 aromatic carbocycles. The average molecular weight is 129 g/mol. The van der Waals surface area contributed by atoms with Gasteiger partial charge >= 0.3 is 0 Å². The maximum atomic E-state index is 8.21. The van der Waals surface area contributed by atoms with Crippen molar-refractivity contribution >= 4 is 14.1 Å². The summed E-state index contributed by atoms with van der Waals surface area (Å²) in [5.74, 6) is 0. The van der Waals surface area contributed by atoms with Gasteiger partial charge in [-0.05, 0) is 6.92 Å². The molecular formula is C5H11NOSi. The van der Waals surface area contributed by atoms with E-state index in [2.05, 4.69) is 18.3 Å². The first kappa shape index (κ1) is 7.43. The molecule has 0 rings (SSSR count). The fourth-order valence-electron chi connectivity index (χ4n) is 0.262. The summed E-state index contributed by atoms with van der Waals surface area (Å²) in [7, 11) is -1.01. The molecule has 0 heterocycles.